The van der Waals surface area contributed by atoms with Gasteiger partial charge in [-0.2, -0.15) is 5.10 Å². The highest BCUT2D eigenvalue weighted by atomic mass is 16.5. The van der Waals surface area contributed by atoms with E-state index in [0.29, 0.717) is 25.3 Å². The summed E-state index contributed by atoms with van der Waals surface area (Å²) in [7, 11) is 0. The molecule has 7 heteroatoms. The maximum atomic E-state index is 12.8. The Morgan fingerprint density at radius 3 is 2.74 bits per heavy atom. The fraction of sp³-hybridized carbons (Fsp3) is 0.250. The molecule has 7 nitrogen and oxygen atoms in total. The Morgan fingerprint density at radius 2 is 1.93 bits per heavy atom. The van der Waals surface area contributed by atoms with E-state index in [1.54, 1.807) is 23.1 Å². The van der Waals surface area contributed by atoms with Gasteiger partial charge in [0.1, 0.15) is 5.82 Å². The molecule has 27 heavy (non-hydrogen) atoms. The van der Waals surface area contributed by atoms with E-state index in [0.717, 1.165) is 30.2 Å². The van der Waals surface area contributed by atoms with Crippen LogP contribution in [0.15, 0.2) is 61.1 Å². The van der Waals surface area contributed by atoms with Crippen molar-refractivity contribution in [3.05, 3.63) is 72.2 Å². The first kappa shape index (κ1) is 17.2. The lowest BCUT2D eigenvalue weighted by Crippen LogP contribution is -2.37. The zero-order valence-electron chi connectivity index (χ0n) is 14.9. The number of carbonyl (C=O) groups excluding carboxylic acids is 1. The lowest BCUT2D eigenvalue weighted by Gasteiger charge is -2.29. The van der Waals surface area contributed by atoms with Crippen molar-refractivity contribution in [2.75, 3.05) is 31.2 Å². The summed E-state index contributed by atoms with van der Waals surface area (Å²) in [6.45, 7) is 3.41. The number of pyridine rings is 1. The van der Waals surface area contributed by atoms with Crippen LogP contribution in [-0.2, 0) is 11.3 Å². The van der Waals surface area contributed by atoms with Crippen molar-refractivity contribution in [3.8, 4) is 5.69 Å². The first-order valence-electron chi connectivity index (χ1n) is 8.97. The highest BCUT2D eigenvalue weighted by molar-refractivity contribution is 5.97. The number of hydrogen-bond donors (Lipinski definition) is 1. The molecule has 0 unspecified atom stereocenters. The number of morpholine rings is 1. The van der Waals surface area contributed by atoms with Crippen molar-refractivity contribution in [2.45, 2.75) is 6.54 Å². The monoisotopic (exact) mass is 363 g/mol. The maximum absolute atomic E-state index is 12.8. The van der Waals surface area contributed by atoms with Crippen LogP contribution in [0.5, 0.6) is 0 Å². The summed E-state index contributed by atoms with van der Waals surface area (Å²) in [4.78, 5) is 19.5. The summed E-state index contributed by atoms with van der Waals surface area (Å²) in [6.07, 6.45) is 5.30. The highest BCUT2D eigenvalue weighted by Gasteiger charge is 2.17. The zero-order valence-corrected chi connectivity index (χ0v) is 14.9. The molecule has 2 aromatic heterocycles. The number of hydrogen-bond acceptors (Lipinski definition) is 5. The Balaban J connectivity index is 1.51. The topological polar surface area (TPSA) is 72.3 Å². The van der Waals surface area contributed by atoms with Gasteiger partial charge in [0.05, 0.1) is 24.5 Å². The summed E-state index contributed by atoms with van der Waals surface area (Å²) < 4.78 is 7.11. The van der Waals surface area contributed by atoms with Gasteiger partial charge in [-0.15, -0.1) is 0 Å². The first-order chi connectivity index (χ1) is 13.3. The molecule has 1 aliphatic heterocycles. The zero-order chi connectivity index (χ0) is 18.5. The van der Waals surface area contributed by atoms with E-state index in [4.69, 9.17) is 4.74 Å². The Bertz CT molecular complexity index is 904. The number of anilines is 1. The van der Waals surface area contributed by atoms with Crippen molar-refractivity contribution in [1.29, 1.82) is 0 Å². The number of nitrogens with one attached hydrogen (secondary N) is 1. The van der Waals surface area contributed by atoms with E-state index >= 15 is 0 Å². The summed E-state index contributed by atoms with van der Waals surface area (Å²) in [6, 6.07) is 13.2. The molecule has 0 aliphatic carbocycles. The largest absolute Gasteiger partial charge is 0.378 e. The highest BCUT2D eigenvalue weighted by Crippen LogP contribution is 2.19. The second-order valence-corrected chi connectivity index (χ2v) is 6.24. The van der Waals surface area contributed by atoms with Gasteiger partial charge in [0.2, 0.25) is 0 Å². The fourth-order valence-electron chi connectivity index (χ4n) is 3.18. The fourth-order valence-corrected chi connectivity index (χ4v) is 3.18. The van der Waals surface area contributed by atoms with Gasteiger partial charge in [0, 0.05) is 43.8 Å². The number of aromatic nitrogens is 3. The van der Waals surface area contributed by atoms with E-state index in [9.17, 15) is 4.79 Å². The Hall–Kier alpha value is -3.19. The van der Waals surface area contributed by atoms with E-state index in [1.807, 2.05) is 42.6 Å². The standard InChI is InChI=1S/C20H21N5O2/c26-20(17-6-1-2-7-18(17)25-10-4-9-23-25)22-15-16-5-3-8-21-19(16)24-11-13-27-14-12-24/h1-10H,11-15H2,(H,22,26). The van der Waals surface area contributed by atoms with Gasteiger partial charge in [-0.1, -0.05) is 18.2 Å². The molecule has 1 saturated heterocycles. The van der Waals surface area contributed by atoms with Crippen LogP contribution in [0.2, 0.25) is 0 Å². The molecular weight excluding hydrogens is 342 g/mol. The van der Waals surface area contributed by atoms with Crippen LogP contribution in [0.4, 0.5) is 5.82 Å². The summed E-state index contributed by atoms with van der Waals surface area (Å²) in [5.74, 6) is 0.763. The average Bonchev–Trinajstić information content (AvgIpc) is 3.28. The molecule has 0 saturated carbocycles. The number of ether oxygens (including phenoxy) is 1. The number of nitrogens with zero attached hydrogens (tertiary/aromatic N) is 4. The summed E-state index contributed by atoms with van der Waals surface area (Å²) in [5.41, 5.74) is 2.32. The molecule has 1 amide bonds. The first-order valence-corrected chi connectivity index (χ1v) is 8.97. The van der Waals surface area contributed by atoms with Crippen LogP contribution in [-0.4, -0.2) is 47.0 Å². The Labute approximate surface area is 157 Å². The average molecular weight is 363 g/mol. The molecule has 1 aliphatic rings. The van der Waals surface area contributed by atoms with E-state index in [2.05, 4.69) is 20.3 Å². The van der Waals surface area contributed by atoms with E-state index in [-0.39, 0.29) is 5.91 Å². The summed E-state index contributed by atoms with van der Waals surface area (Å²) >= 11 is 0. The van der Waals surface area contributed by atoms with Gasteiger partial charge in [-0.25, -0.2) is 9.67 Å². The number of rotatable bonds is 5. The molecule has 0 spiro atoms. The van der Waals surface area contributed by atoms with Crippen LogP contribution >= 0.6 is 0 Å². The van der Waals surface area contributed by atoms with Gasteiger partial charge in [-0.05, 0) is 24.3 Å². The lowest BCUT2D eigenvalue weighted by atomic mass is 10.1. The normalized spacial score (nSPS) is 14.1. The van der Waals surface area contributed by atoms with Gasteiger partial charge in [-0.3, -0.25) is 4.79 Å². The smallest absolute Gasteiger partial charge is 0.253 e. The molecule has 138 valence electrons. The van der Waals surface area contributed by atoms with Crippen LogP contribution in [0.25, 0.3) is 5.69 Å². The maximum Gasteiger partial charge on any atom is 0.253 e. The molecule has 0 atom stereocenters. The van der Waals surface area contributed by atoms with Crippen molar-refractivity contribution < 1.29 is 9.53 Å². The second kappa shape index (κ2) is 8.01. The van der Waals surface area contributed by atoms with Crippen molar-refractivity contribution in [1.82, 2.24) is 20.1 Å². The Kier molecular flexibility index (Phi) is 5.11. The molecule has 4 rings (SSSR count). The van der Waals surface area contributed by atoms with E-state index in [1.165, 1.54) is 0 Å². The third kappa shape index (κ3) is 3.83. The number of carbonyl (C=O) groups is 1. The summed E-state index contributed by atoms with van der Waals surface area (Å²) in [5, 5.41) is 7.25. The quantitative estimate of drug-likeness (QED) is 0.751. The molecular formula is C20H21N5O2. The SMILES string of the molecule is O=C(NCc1cccnc1N1CCOCC1)c1ccccc1-n1cccn1. The molecule has 0 bridgehead atoms. The lowest BCUT2D eigenvalue weighted by molar-refractivity contribution is 0.0950. The third-order valence-electron chi connectivity index (χ3n) is 4.52. The molecule has 1 aromatic carbocycles. The van der Waals surface area contributed by atoms with Gasteiger partial charge in [0.25, 0.3) is 5.91 Å². The van der Waals surface area contributed by atoms with Crippen molar-refractivity contribution >= 4 is 11.7 Å². The predicted octanol–water partition coefficient (Wildman–Crippen LogP) is 2.03. The minimum atomic E-state index is -0.141. The van der Waals surface area contributed by atoms with Gasteiger partial charge >= 0.3 is 0 Å². The van der Waals surface area contributed by atoms with Crippen LogP contribution in [0.3, 0.4) is 0 Å². The van der Waals surface area contributed by atoms with E-state index < -0.39 is 0 Å². The van der Waals surface area contributed by atoms with Crippen molar-refractivity contribution in [3.63, 3.8) is 0 Å². The van der Waals surface area contributed by atoms with Crippen LogP contribution in [0, 0.1) is 0 Å². The van der Waals surface area contributed by atoms with Crippen LogP contribution < -0.4 is 10.2 Å². The minimum absolute atomic E-state index is 0.141. The number of para-hydroxylation sites is 1. The molecule has 0 radical (unpaired) electrons. The molecule has 3 heterocycles. The van der Waals surface area contributed by atoms with Crippen LogP contribution in [0.1, 0.15) is 15.9 Å². The number of benzene rings is 1. The van der Waals surface area contributed by atoms with Gasteiger partial charge in [0.15, 0.2) is 0 Å². The predicted molar refractivity (Wildman–Crippen MR) is 102 cm³/mol. The number of amides is 1. The van der Waals surface area contributed by atoms with Gasteiger partial charge < -0.3 is 15.0 Å². The second-order valence-electron chi connectivity index (χ2n) is 6.24. The Morgan fingerprint density at radius 1 is 1.07 bits per heavy atom. The third-order valence-corrected chi connectivity index (χ3v) is 4.52. The molecule has 1 N–H and O–H groups in total. The molecule has 1 fully saturated rings. The molecule has 3 aromatic rings. The minimum Gasteiger partial charge on any atom is -0.378 e. The van der Waals surface area contributed by atoms with Crippen molar-refractivity contribution in [2.24, 2.45) is 0 Å².